The minimum absolute atomic E-state index is 0.189. The van der Waals surface area contributed by atoms with Crippen LogP contribution in [0.2, 0.25) is 5.15 Å². The van der Waals surface area contributed by atoms with Gasteiger partial charge in [0.1, 0.15) is 11.0 Å². The Morgan fingerprint density at radius 1 is 1.03 bits per heavy atom. The number of anilines is 1. The van der Waals surface area contributed by atoms with Crippen molar-refractivity contribution in [1.29, 1.82) is 0 Å². The van der Waals surface area contributed by atoms with Crippen molar-refractivity contribution in [2.24, 2.45) is 0 Å². The number of aromatic nitrogens is 2. The summed E-state index contributed by atoms with van der Waals surface area (Å²) in [5.41, 5.74) is 2.42. The van der Waals surface area contributed by atoms with E-state index in [1.807, 2.05) is 30.3 Å². The zero-order valence-electron chi connectivity index (χ0n) is 17.2. The summed E-state index contributed by atoms with van der Waals surface area (Å²) < 4.78 is 18.5. The average molecular weight is 482 g/mol. The summed E-state index contributed by atoms with van der Waals surface area (Å²) >= 11 is 7.01. The summed E-state index contributed by atoms with van der Waals surface area (Å²) in [5.74, 6) is -1.46. The summed E-state index contributed by atoms with van der Waals surface area (Å²) in [6, 6.07) is 18.3. The first-order chi connectivity index (χ1) is 16.0. The third-order valence-corrected chi connectivity index (χ3v) is 5.72. The summed E-state index contributed by atoms with van der Waals surface area (Å²) in [6.07, 6.45) is 1.28. The van der Waals surface area contributed by atoms with Gasteiger partial charge < -0.3 is 4.74 Å². The standard InChI is InChI=1S/C24H17ClFN3O3S/c25-21-11-8-18(12-27-21)23(31)32-14-22(30)29(13-16-4-2-1-3-5-16)24-28-20(15-33-24)17-6-9-19(26)10-7-17/h1-12,15H,13-14H2. The molecule has 0 saturated carbocycles. The lowest BCUT2D eigenvalue weighted by Gasteiger charge is -2.20. The quantitative estimate of drug-likeness (QED) is 0.261. The Morgan fingerprint density at radius 3 is 2.48 bits per heavy atom. The van der Waals surface area contributed by atoms with Crippen LogP contribution in [0.15, 0.2) is 78.3 Å². The van der Waals surface area contributed by atoms with E-state index in [0.717, 1.165) is 11.1 Å². The van der Waals surface area contributed by atoms with Crippen molar-refractivity contribution in [2.75, 3.05) is 11.5 Å². The molecular formula is C24H17ClFN3O3S. The first-order valence-electron chi connectivity index (χ1n) is 9.84. The molecular weight excluding hydrogens is 465 g/mol. The van der Waals surface area contributed by atoms with E-state index in [4.69, 9.17) is 16.3 Å². The van der Waals surface area contributed by atoms with Crippen molar-refractivity contribution in [1.82, 2.24) is 9.97 Å². The number of benzene rings is 2. The molecule has 2 aromatic heterocycles. The molecule has 4 rings (SSSR count). The lowest BCUT2D eigenvalue weighted by molar-refractivity contribution is -0.121. The molecule has 0 aliphatic carbocycles. The van der Waals surface area contributed by atoms with Crippen molar-refractivity contribution >= 4 is 39.9 Å². The Hall–Kier alpha value is -3.62. The SMILES string of the molecule is O=C(OCC(=O)N(Cc1ccccc1)c1nc(-c2ccc(F)cc2)cs1)c1ccc(Cl)nc1. The van der Waals surface area contributed by atoms with E-state index >= 15 is 0 Å². The van der Waals surface area contributed by atoms with Gasteiger partial charge in [0.25, 0.3) is 5.91 Å². The van der Waals surface area contributed by atoms with Gasteiger partial charge in [-0.1, -0.05) is 41.9 Å². The van der Waals surface area contributed by atoms with E-state index in [1.54, 1.807) is 17.5 Å². The molecule has 9 heteroatoms. The predicted octanol–water partition coefficient (Wildman–Crippen LogP) is 5.39. The molecule has 33 heavy (non-hydrogen) atoms. The van der Waals surface area contributed by atoms with Crippen molar-refractivity contribution in [3.63, 3.8) is 0 Å². The number of carbonyl (C=O) groups is 2. The van der Waals surface area contributed by atoms with Gasteiger partial charge in [0.15, 0.2) is 11.7 Å². The molecule has 4 aromatic rings. The van der Waals surface area contributed by atoms with Crippen LogP contribution >= 0.6 is 22.9 Å². The molecule has 0 atom stereocenters. The second kappa shape index (κ2) is 10.3. The number of amides is 1. The number of carbonyl (C=O) groups excluding carboxylic acids is 2. The lowest BCUT2D eigenvalue weighted by Crippen LogP contribution is -2.34. The highest BCUT2D eigenvalue weighted by Crippen LogP contribution is 2.29. The molecule has 0 spiro atoms. The fraction of sp³-hybridized carbons (Fsp3) is 0.0833. The number of halogens is 2. The molecule has 6 nitrogen and oxygen atoms in total. The molecule has 0 N–H and O–H groups in total. The van der Waals surface area contributed by atoms with Crippen LogP contribution in [0.25, 0.3) is 11.3 Å². The van der Waals surface area contributed by atoms with Crippen molar-refractivity contribution < 1.29 is 18.7 Å². The molecule has 0 aliphatic heterocycles. The van der Waals surface area contributed by atoms with Crippen LogP contribution in [0, 0.1) is 5.82 Å². The molecule has 166 valence electrons. The van der Waals surface area contributed by atoms with Crippen LogP contribution in [0.5, 0.6) is 0 Å². The van der Waals surface area contributed by atoms with E-state index in [0.29, 0.717) is 10.8 Å². The van der Waals surface area contributed by atoms with Crippen LogP contribution < -0.4 is 4.90 Å². The zero-order chi connectivity index (χ0) is 23.2. The fourth-order valence-electron chi connectivity index (χ4n) is 2.96. The third kappa shape index (κ3) is 5.79. The summed E-state index contributed by atoms with van der Waals surface area (Å²) in [5, 5.41) is 2.48. The molecule has 2 aromatic carbocycles. The Labute approximate surface area is 198 Å². The predicted molar refractivity (Wildman–Crippen MR) is 125 cm³/mol. The minimum Gasteiger partial charge on any atom is -0.452 e. The maximum absolute atomic E-state index is 13.3. The molecule has 0 aliphatic rings. The number of esters is 1. The van der Waals surface area contributed by atoms with Gasteiger partial charge in [0, 0.05) is 17.1 Å². The molecule has 2 heterocycles. The molecule has 0 radical (unpaired) electrons. The first kappa shape index (κ1) is 22.6. The van der Waals surface area contributed by atoms with Crippen molar-refractivity contribution in [3.8, 4) is 11.3 Å². The highest BCUT2D eigenvalue weighted by Gasteiger charge is 2.22. The summed E-state index contributed by atoms with van der Waals surface area (Å²) in [7, 11) is 0. The smallest absolute Gasteiger partial charge is 0.340 e. The minimum atomic E-state index is -0.682. The first-order valence-corrected chi connectivity index (χ1v) is 11.1. The van der Waals surface area contributed by atoms with Gasteiger partial charge in [-0.25, -0.2) is 19.2 Å². The van der Waals surface area contributed by atoms with Crippen molar-refractivity contribution in [2.45, 2.75) is 6.54 Å². The van der Waals surface area contributed by atoms with E-state index in [1.165, 1.54) is 46.7 Å². The molecule has 0 fully saturated rings. The van der Waals surface area contributed by atoms with E-state index in [-0.39, 0.29) is 23.1 Å². The molecule has 0 unspecified atom stereocenters. The van der Waals surface area contributed by atoms with Crippen LogP contribution in [-0.2, 0) is 16.1 Å². The van der Waals surface area contributed by atoms with Crippen molar-refractivity contribution in [3.05, 3.63) is 100 Å². The number of ether oxygens (including phenoxy) is 1. The van der Waals surface area contributed by atoms with Gasteiger partial charge in [-0.05, 0) is 42.0 Å². The highest BCUT2D eigenvalue weighted by molar-refractivity contribution is 7.14. The van der Waals surface area contributed by atoms with Crippen LogP contribution in [0.3, 0.4) is 0 Å². The topological polar surface area (TPSA) is 72.4 Å². The van der Waals surface area contributed by atoms with Gasteiger partial charge in [-0.2, -0.15) is 0 Å². The third-order valence-electron chi connectivity index (χ3n) is 4.64. The number of thiazole rings is 1. The molecule has 0 bridgehead atoms. The largest absolute Gasteiger partial charge is 0.452 e. The number of hydrogen-bond acceptors (Lipinski definition) is 6. The van der Waals surface area contributed by atoms with Gasteiger partial charge >= 0.3 is 5.97 Å². The Balaban J connectivity index is 1.53. The second-order valence-electron chi connectivity index (χ2n) is 6.93. The molecule has 1 amide bonds. The number of nitrogens with zero attached hydrogens (tertiary/aromatic N) is 3. The van der Waals surface area contributed by atoms with E-state index in [2.05, 4.69) is 9.97 Å². The van der Waals surface area contributed by atoms with Gasteiger partial charge in [-0.3, -0.25) is 9.69 Å². The van der Waals surface area contributed by atoms with Crippen LogP contribution in [0.4, 0.5) is 9.52 Å². The highest BCUT2D eigenvalue weighted by atomic mass is 35.5. The Morgan fingerprint density at radius 2 is 1.79 bits per heavy atom. The van der Waals surface area contributed by atoms with E-state index < -0.39 is 18.5 Å². The monoisotopic (exact) mass is 481 g/mol. The average Bonchev–Trinajstić information content (AvgIpc) is 3.32. The van der Waals surface area contributed by atoms with Gasteiger partial charge in [0.05, 0.1) is 17.8 Å². The van der Waals surface area contributed by atoms with Crippen LogP contribution in [0.1, 0.15) is 15.9 Å². The van der Waals surface area contributed by atoms with E-state index in [9.17, 15) is 14.0 Å². The Kier molecular flexibility index (Phi) is 7.07. The summed E-state index contributed by atoms with van der Waals surface area (Å²) in [6.45, 7) is -0.226. The summed E-state index contributed by atoms with van der Waals surface area (Å²) in [4.78, 5) is 35.2. The maximum atomic E-state index is 13.3. The number of pyridine rings is 1. The van der Waals surface area contributed by atoms with Gasteiger partial charge in [0.2, 0.25) is 0 Å². The van der Waals surface area contributed by atoms with Gasteiger partial charge in [-0.15, -0.1) is 11.3 Å². The lowest BCUT2D eigenvalue weighted by atomic mass is 10.2. The fourth-order valence-corrected chi connectivity index (χ4v) is 3.92. The maximum Gasteiger partial charge on any atom is 0.340 e. The number of hydrogen-bond donors (Lipinski definition) is 0. The second-order valence-corrected chi connectivity index (χ2v) is 8.16. The normalized spacial score (nSPS) is 10.6. The zero-order valence-corrected chi connectivity index (χ0v) is 18.7. The number of rotatable bonds is 7. The Bertz CT molecular complexity index is 1250. The molecule has 0 saturated heterocycles. The van der Waals surface area contributed by atoms with Crippen LogP contribution in [-0.4, -0.2) is 28.5 Å².